The van der Waals surface area contributed by atoms with Gasteiger partial charge in [-0.3, -0.25) is 0 Å². The van der Waals surface area contributed by atoms with Gasteiger partial charge in [0.1, 0.15) is 23.5 Å². The number of aromatic nitrogens is 7. The minimum absolute atomic E-state index is 0.0620. The third kappa shape index (κ3) is 3.12. The molecule has 7 rings (SSSR count). The first kappa shape index (κ1) is 20.0. The highest BCUT2D eigenvalue weighted by Gasteiger charge is 2.43. The molecule has 0 radical (unpaired) electrons. The van der Waals surface area contributed by atoms with Gasteiger partial charge in [-0.2, -0.15) is 5.10 Å². The molecule has 0 bridgehead atoms. The summed E-state index contributed by atoms with van der Waals surface area (Å²) in [4.78, 5) is 18.4. The summed E-state index contributed by atoms with van der Waals surface area (Å²) in [7, 11) is 0. The highest BCUT2D eigenvalue weighted by molar-refractivity contribution is 6.00. The smallest absolute Gasteiger partial charge is 0.165 e. The Morgan fingerprint density at radius 1 is 1.00 bits per heavy atom. The van der Waals surface area contributed by atoms with Gasteiger partial charge in [0.15, 0.2) is 17.2 Å². The molecule has 0 unspecified atom stereocenters. The molecule has 34 heavy (non-hydrogen) atoms. The molecule has 0 atom stereocenters. The molecule has 1 aliphatic heterocycles. The zero-order valence-corrected chi connectivity index (χ0v) is 19.2. The Morgan fingerprint density at radius 3 is 2.47 bits per heavy atom. The molecule has 3 aliphatic rings. The van der Waals surface area contributed by atoms with Crippen molar-refractivity contribution in [3.63, 3.8) is 0 Å². The van der Waals surface area contributed by atoms with E-state index in [0.29, 0.717) is 40.3 Å². The Morgan fingerprint density at radius 2 is 1.76 bits per heavy atom. The fourth-order valence-corrected chi connectivity index (χ4v) is 5.05. The molecular formula is C24H27N9O. The maximum atomic E-state index is 6.34. The van der Waals surface area contributed by atoms with Crippen molar-refractivity contribution < 1.29 is 4.52 Å². The summed E-state index contributed by atoms with van der Waals surface area (Å²) in [6, 6.07) is 0. The lowest BCUT2D eigenvalue weighted by Gasteiger charge is -2.22. The summed E-state index contributed by atoms with van der Waals surface area (Å²) in [5, 5.41) is 13.6. The Kier molecular flexibility index (Phi) is 4.30. The van der Waals surface area contributed by atoms with E-state index in [2.05, 4.69) is 27.4 Å². The van der Waals surface area contributed by atoms with Crippen LogP contribution in [0.4, 0.5) is 5.82 Å². The van der Waals surface area contributed by atoms with Gasteiger partial charge in [-0.1, -0.05) is 5.16 Å². The Hall–Kier alpha value is -3.40. The first-order valence-electron chi connectivity index (χ1n) is 12.1. The van der Waals surface area contributed by atoms with E-state index in [1.54, 1.807) is 0 Å². The van der Waals surface area contributed by atoms with E-state index < -0.39 is 0 Å². The predicted octanol–water partition coefficient (Wildman–Crippen LogP) is 3.37. The summed E-state index contributed by atoms with van der Waals surface area (Å²) in [6.45, 7) is 4.25. The summed E-state index contributed by atoms with van der Waals surface area (Å²) in [5.41, 5.74) is 10.3. The summed E-state index contributed by atoms with van der Waals surface area (Å²) >= 11 is 0. The number of nitrogens with one attached hydrogen (secondary N) is 1. The van der Waals surface area contributed by atoms with E-state index in [4.69, 9.17) is 25.3 Å². The Balaban J connectivity index is 1.38. The summed E-state index contributed by atoms with van der Waals surface area (Å²) < 4.78 is 7.88. The van der Waals surface area contributed by atoms with Gasteiger partial charge in [-0.25, -0.2) is 24.6 Å². The third-order valence-corrected chi connectivity index (χ3v) is 7.58. The van der Waals surface area contributed by atoms with Crippen LogP contribution in [0.1, 0.15) is 68.6 Å². The van der Waals surface area contributed by atoms with Gasteiger partial charge in [0.2, 0.25) is 0 Å². The number of hydrogen-bond donors (Lipinski definition) is 2. The highest BCUT2D eigenvalue weighted by Crippen LogP contribution is 2.49. The van der Waals surface area contributed by atoms with Crippen LogP contribution < -0.4 is 11.1 Å². The van der Waals surface area contributed by atoms with E-state index in [9.17, 15) is 0 Å². The highest BCUT2D eigenvalue weighted by atomic mass is 16.5. The van der Waals surface area contributed by atoms with Crippen LogP contribution in [0.5, 0.6) is 0 Å². The maximum Gasteiger partial charge on any atom is 0.165 e. The average Bonchev–Trinajstić information content (AvgIpc) is 3.77. The average molecular weight is 458 g/mol. The molecular weight excluding hydrogens is 430 g/mol. The van der Waals surface area contributed by atoms with E-state index >= 15 is 0 Å². The van der Waals surface area contributed by atoms with Crippen molar-refractivity contribution >= 4 is 16.9 Å². The number of hydrogen-bond acceptors (Lipinski definition) is 9. The second-order valence-corrected chi connectivity index (χ2v) is 10.1. The number of nitrogen functional groups attached to an aromatic ring is 1. The molecule has 5 heterocycles. The van der Waals surface area contributed by atoms with Gasteiger partial charge in [-0.15, -0.1) is 0 Å². The van der Waals surface area contributed by atoms with E-state index in [1.165, 1.54) is 11.9 Å². The van der Waals surface area contributed by atoms with Crippen molar-refractivity contribution in [3.05, 3.63) is 30.0 Å². The van der Waals surface area contributed by atoms with Crippen LogP contribution in [0.2, 0.25) is 0 Å². The molecule has 2 aliphatic carbocycles. The minimum atomic E-state index is -0.0620. The van der Waals surface area contributed by atoms with Gasteiger partial charge < -0.3 is 15.6 Å². The van der Waals surface area contributed by atoms with Crippen LogP contribution in [-0.4, -0.2) is 48.0 Å². The fraction of sp³-hybridized carbons (Fsp3) is 0.500. The van der Waals surface area contributed by atoms with E-state index in [0.717, 1.165) is 68.6 Å². The second-order valence-electron chi connectivity index (χ2n) is 10.1. The normalized spacial score (nSPS) is 20.1. The van der Waals surface area contributed by atoms with Gasteiger partial charge >= 0.3 is 0 Å². The first-order valence-corrected chi connectivity index (χ1v) is 12.1. The van der Waals surface area contributed by atoms with Crippen LogP contribution in [0.3, 0.4) is 0 Å². The minimum Gasteiger partial charge on any atom is -0.383 e. The SMILES string of the molecule is CC1(n2nc(-c3noc(C4CC4)c3-c3ncc(C4CCNCC4)cn3)c3c(N)ncnc32)CC1. The van der Waals surface area contributed by atoms with Gasteiger partial charge in [0, 0.05) is 18.3 Å². The van der Waals surface area contributed by atoms with Crippen molar-refractivity contribution in [3.8, 4) is 22.8 Å². The fourth-order valence-electron chi connectivity index (χ4n) is 5.05. The van der Waals surface area contributed by atoms with Crippen LogP contribution in [-0.2, 0) is 5.54 Å². The van der Waals surface area contributed by atoms with Crippen LogP contribution in [0.25, 0.3) is 33.8 Å². The predicted molar refractivity (Wildman–Crippen MR) is 126 cm³/mol. The van der Waals surface area contributed by atoms with E-state index in [1.807, 2.05) is 17.1 Å². The van der Waals surface area contributed by atoms with Crippen molar-refractivity contribution in [1.82, 2.24) is 40.2 Å². The molecule has 2 saturated carbocycles. The molecule has 0 aromatic carbocycles. The number of fused-ring (bicyclic) bond motifs is 1. The zero-order chi connectivity index (χ0) is 22.9. The Labute approximate surface area is 196 Å². The molecule has 10 nitrogen and oxygen atoms in total. The molecule has 10 heteroatoms. The number of nitrogens with two attached hydrogens (primary N) is 1. The molecule has 0 spiro atoms. The monoisotopic (exact) mass is 457 g/mol. The maximum absolute atomic E-state index is 6.34. The van der Waals surface area contributed by atoms with Gasteiger partial charge in [0.25, 0.3) is 0 Å². The molecule has 174 valence electrons. The number of nitrogens with zero attached hydrogens (tertiary/aromatic N) is 7. The van der Waals surface area contributed by atoms with Crippen LogP contribution in [0, 0.1) is 0 Å². The van der Waals surface area contributed by atoms with Gasteiger partial charge in [0.05, 0.1) is 16.5 Å². The zero-order valence-electron chi connectivity index (χ0n) is 19.2. The topological polar surface area (TPSA) is 133 Å². The second kappa shape index (κ2) is 7.30. The first-order chi connectivity index (χ1) is 16.6. The standard InChI is InChI=1S/C24H27N9O/c1-24(6-7-24)33-23-17(21(25)29-12-30-23)18(31-33)19-16(20(34-32-19)14-2-3-14)22-27-10-15(11-28-22)13-4-8-26-9-5-13/h10-14,26H,2-9H2,1H3,(H2,25,29,30). The molecule has 1 saturated heterocycles. The lowest BCUT2D eigenvalue weighted by Crippen LogP contribution is -2.26. The van der Waals surface area contributed by atoms with Gasteiger partial charge in [-0.05, 0) is 70.0 Å². The van der Waals surface area contributed by atoms with E-state index in [-0.39, 0.29) is 5.54 Å². The molecule has 4 aromatic heterocycles. The van der Waals surface area contributed by atoms with Crippen molar-refractivity contribution in [1.29, 1.82) is 0 Å². The number of anilines is 1. The van der Waals surface area contributed by atoms with Crippen molar-refractivity contribution in [2.75, 3.05) is 18.8 Å². The number of rotatable bonds is 5. The summed E-state index contributed by atoms with van der Waals surface area (Å²) in [5.74, 6) is 2.68. The Bertz CT molecular complexity index is 1380. The van der Waals surface area contributed by atoms with Crippen molar-refractivity contribution in [2.45, 2.75) is 62.8 Å². The molecule has 0 amide bonds. The van der Waals surface area contributed by atoms with Crippen molar-refractivity contribution in [2.24, 2.45) is 0 Å². The lowest BCUT2D eigenvalue weighted by atomic mass is 9.92. The third-order valence-electron chi connectivity index (χ3n) is 7.58. The molecule has 3 N–H and O–H groups in total. The van der Waals surface area contributed by atoms with Crippen LogP contribution >= 0.6 is 0 Å². The largest absolute Gasteiger partial charge is 0.383 e. The summed E-state index contributed by atoms with van der Waals surface area (Å²) in [6.07, 6.45) is 11.9. The molecule has 3 fully saturated rings. The van der Waals surface area contributed by atoms with Crippen LogP contribution in [0.15, 0.2) is 23.2 Å². The quantitative estimate of drug-likeness (QED) is 0.462. The molecule has 4 aromatic rings. The number of piperidine rings is 1. The lowest BCUT2D eigenvalue weighted by molar-refractivity contribution is 0.386.